The predicted octanol–water partition coefficient (Wildman–Crippen LogP) is 1.04. The van der Waals surface area contributed by atoms with Crippen LogP contribution < -0.4 is 0 Å². The highest BCUT2D eigenvalue weighted by Crippen LogP contribution is 2.12. The van der Waals surface area contributed by atoms with Crippen LogP contribution in [0.15, 0.2) is 24.3 Å². The van der Waals surface area contributed by atoms with Crippen LogP contribution in [0.5, 0.6) is 0 Å². The summed E-state index contributed by atoms with van der Waals surface area (Å²) < 4.78 is 25.2. The number of hydrogen-bond donors (Lipinski definition) is 1. The number of carboxylic acids is 1. The van der Waals surface area contributed by atoms with Gasteiger partial charge >= 0.3 is 5.97 Å². The topological polar surface area (TPSA) is 98.5 Å². The van der Waals surface area contributed by atoms with E-state index in [1.807, 2.05) is 6.07 Å². The van der Waals surface area contributed by atoms with E-state index in [4.69, 9.17) is 10.4 Å². The minimum atomic E-state index is -3.57. The lowest BCUT2D eigenvalue weighted by molar-refractivity contribution is -0.141. The van der Waals surface area contributed by atoms with Gasteiger partial charge in [0.15, 0.2) is 0 Å². The Morgan fingerprint density at radius 1 is 1.40 bits per heavy atom. The van der Waals surface area contributed by atoms with E-state index < -0.39 is 21.9 Å². The largest absolute Gasteiger partial charge is 0.481 e. The third-order valence-electron chi connectivity index (χ3n) is 2.86. The van der Waals surface area contributed by atoms with Crippen molar-refractivity contribution in [3.8, 4) is 6.07 Å². The second-order valence-electron chi connectivity index (χ2n) is 4.58. The van der Waals surface area contributed by atoms with E-state index in [1.54, 1.807) is 24.3 Å². The summed E-state index contributed by atoms with van der Waals surface area (Å²) in [6.45, 7) is 1.38. The number of rotatable bonds is 6. The van der Waals surface area contributed by atoms with Crippen molar-refractivity contribution in [3.63, 3.8) is 0 Å². The molecule has 108 valence electrons. The van der Waals surface area contributed by atoms with E-state index in [0.29, 0.717) is 11.1 Å². The van der Waals surface area contributed by atoms with Crippen molar-refractivity contribution in [2.45, 2.75) is 12.7 Å². The maximum Gasteiger partial charge on any atom is 0.307 e. The Bertz CT molecular complexity index is 617. The van der Waals surface area contributed by atoms with Gasteiger partial charge in [-0.15, -0.1) is 0 Å². The van der Waals surface area contributed by atoms with Gasteiger partial charge in [-0.25, -0.2) is 12.7 Å². The molecular weight excluding hydrogens is 280 g/mol. The highest BCUT2D eigenvalue weighted by atomic mass is 32.2. The number of hydrogen-bond acceptors (Lipinski definition) is 4. The molecule has 0 aliphatic rings. The van der Waals surface area contributed by atoms with Crippen LogP contribution in [0, 0.1) is 17.2 Å². The van der Waals surface area contributed by atoms with Crippen LogP contribution in [0.4, 0.5) is 0 Å². The monoisotopic (exact) mass is 296 g/mol. The zero-order valence-electron chi connectivity index (χ0n) is 11.3. The second kappa shape index (κ2) is 6.50. The first kappa shape index (κ1) is 16.1. The van der Waals surface area contributed by atoms with E-state index in [9.17, 15) is 13.2 Å². The minimum Gasteiger partial charge on any atom is -0.481 e. The van der Waals surface area contributed by atoms with Crippen LogP contribution >= 0.6 is 0 Å². The molecule has 1 aromatic carbocycles. The van der Waals surface area contributed by atoms with Crippen LogP contribution in [0.1, 0.15) is 18.1 Å². The lowest BCUT2D eigenvalue weighted by atomic mass is 10.2. The Hall–Kier alpha value is -1.91. The van der Waals surface area contributed by atoms with Gasteiger partial charge in [-0.3, -0.25) is 4.79 Å². The number of aliphatic carboxylic acids is 1. The Morgan fingerprint density at radius 2 is 1.95 bits per heavy atom. The number of nitrogens with zero attached hydrogens (tertiary/aromatic N) is 2. The number of benzene rings is 1. The average Bonchev–Trinajstić information content (AvgIpc) is 2.38. The summed E-state index contributed by atoms with van der Waals surface area (Å²) in [4.78, 5) is 10.7. The van der Waals surface area contributed by atoms with Crippen LogP contribution in [-0.2, 0) is 20.6 Å². The standard InChI is InChI=1S/C13H16N2O4S/c1-10(13(16)17)8-15(2)20(18,19)9-12-5-3-11(7-14)4-6-12/h3-6,10H,8-9H2,1-2H3,(H,16,17). The van der Waals surface area contributed by atoms with Crippen molar-refractivity contribution in [3.05, 3.63) is 35.4 Å². The molecule has 7 heteroatoms. The normalized spacial score (nSPS) is 12.9. The SMILES string of the molecule is CC(CN(C)S(=O)(=O)Cc1ccc(C#N)cc1)C(=O)O. The molecule has 1 N–H and O–H groups in total. The van der Waals surface area contributed by atoms with E-state index in [0.717, 1.165) is 4.31 Å². The molecule has 0 heterocycles. The van der Waals surface area contributed by atoms with Gasteiger partial charge in [-0.1, -0.05) is 19.1 Å². The molecule has 6 nitrogen and oxygen atoms in total. The van der Waals surface area contributed by atoms with Crippen LogP contribution in [-0.4, -0.2) is 37.4 Å². The summed E-state index contributed by atoms with van der Waals surface area (Å²) in [5.41, 5.74) is 1.01. The summed E-state index contributed by atoms with van der Waals surface area (Å²) in [7, 11) is -2.21. The third-order valence-corrected chi connectivity index (χ3v) is 4.66. The van der Waals surface area contributed by atoms with Crippen molar-refractivity contribution in [2.24, 2.45) is 5.92 Å². The fourth-order valence-electron chi connectivity index (χ4n) is 1.57. The first-order chi connectivity index (χ1) is 9.26. The number of carbonyl (C=O) groups is 1. The summed E-state index contributed by atoms with van der Waals surface area (Å²) in [5.74, 6) is -2.03. The van der Waals surface area contributed by atoms with Gasteiger partial charge in [0.1, 0.15) is 0 Å². The summed E-state index contributed by atoms with van der Waals surface area (Å²) in [6.07, 6.45) is 0. The highest BCUT2D eigenvalue weighted by molar-refractivity contribution is 7.88. The van der Waals surface area contributed by atoms with Gasteiger partial charge in [-0.2, -0.15) is 5.26 Å². The van der Waals surface area contributed by atoms with Crippen LogP contribution in [0.2, 0.25) is 0 Å². The molecule has 20 heavy (non-hydrogen) atoms. The Kier molecular flexibility index (Phi) is 5.25. The molecule has 0 bridgehead atoms. The lowest BCUT2D eigenvalue weighted by Gasteiger charge is -2.19. The number of nitriles is 1. The fraction of sp³-hybridized carbons (Fsp3) is 0.385. The molecule has 0 aliphatic heterocycles. The zero-order chi connectivity index (χ0) is 15.3. The average molecular weight is 296 g/mol. The Labute approximate surface area is 118 Å². The smallest absolute Gasteiger partial charge is 0.307 e. The molecule has 1 atom stereocenters. The quantitative estimate of drug-likeness (QED) is 0.845. The van der Waals surface area contributed by atoms with Crippen molar-refractivity contribution in [1.82, 2.24) is 4.31 Å². The minimum absolute atomic E-state index is 0.0755. The summed E-state index contributed by atoms with van der Waals surface area (Å²) in [6, 6.07) is 8.19. The van der Waals surface area contributed by atoms with Crippen molar-refractivity contribution >= 4 is 16.0 Å². The first-order valence-corrected chi connectivity index (χ1v) is 7.53. The molecule has 0 fully saturated rings. The van der Waals surface area contributed by atoms with Crippen LogP contribution in [0.3, 0.4) is 0 Å². The molecular formula is C13H16N2O4S. The van der Waals surface area contributed by atoms with Gasteiger partial charge in [0.25, 0.3) is 0 Å². The molecule has 0 saturated heterocycles. The molecule has 0 spiro atoms. The molecule has 1 unspecified atom stereocenters. The Balaban J connectivity index is 2.78. The first-order valence-electron chi connectivity index (χ1n) is 5.92. The molecule has 0 saturated carbocycles. The maximum absolute atomic E-state index is 12.1. The molecule has 0 aliphatic carbocycles. The third kappa shape index (κ3) is 4.33. The zero-order valence-corrected chi connectivity index (χ0v) is 12.1. The van der Waals surface area contributed by atoms with Gasteiger partial charge < -0.3 is 5.11 Å². The van der Waals surface area contributed by atoms with Gasteiger partial charge in [0.05, 0.1) is 23.3 Å². The maximum atomic E-state index is 12.1. The van der Waals surface area contributed by atoms with E-state index >= 15 is 0 Å². The summed E-state index contributed by atoms with van der Waals surface area (Å²) in [5, 5.41) is 17.5. The van der Waals surface area contributed by atoms with Crippen LogP contribution in [0.25, 0.3) is 0 Å². The van der Waals surface area contributed by atoms with Crippen molar-refractivity contribution in [1.29, 1.82) is 5.26 Å². The number of carboxylic acid groups (broad SMARTS) is 1. The van der Waals surface area contributed by atoms with Gasteiger partial charge in [0.2, 0.25) is 10.0 Å². The van der Waals surface area contributed by atoms with E-state index in [-0.39, 0.29) is 12.3 Å². The number of sulfonamides is 1. The molecule has 1 rings (SSSR count). The fourth-order valence-corrected chi connectivity index (χ4v) is 2.86. The van der Waals surface area contributed by atoms with Gasteiger partial charge in [0, 0.05) is 13.6 Å². The predicted molar refractivity (Wildman–Crippen MR) is 73.2 cm³/mol. The molecule has 0 aromatic heterocycles. The Morgan fingerprint density at radius 3 is 2.40 bits per heavy atom. The highest BCUT2D eigenvalue weighted by Gasteiger charge is 2.23. The molecule has 1 aromatic rings. The lowest BCUT2D eigenvalue weighted by Crippen LogP contribution is -2.34. The molecule has 0 amide bonds. The van der Waals surface area contributed by atoms with Crippen molar-refractivity contribution in [2.75, 3.05) is 13.6 Å². The van der Waals surface area contributed by atoms with E-state index in [2.05, 4.69) is 0 Å². The summed E-state index contributed by atoms with van der Waals surface area (Å²) >= 11 is 0. The van der Waals surface area contributed by atoms with E-state index in [1.165, 1.54) is 14.0 Å². The van der Waals surface area contributed by atoms with Gasteiger partial charge in [-0.05, 0) is 17.7 Å². The second-order valence-corrected chi connectivity index (χ2v) is 6.66. The van der Waals surface area contributed by atoms with Crippen molar-refractivity contribution < 1.29 is 18.3 Å². The molecule has 0 radical (unpaired) electrons.